The number of phenolic OH excluding ortho intramolecular Hbond substituents is 4. The van der Waals surface area contributed by atoms with Crippen molar-refractivity contribution in [2.24, 2.45) is 45.3 Å². The van der Waals surface area contributed by atoms with Crippen molar-refractivity contribution in [3.05, 3.63) is 108 Å². The molecule has 4 aromatic carbocycles. The minimum absolute atomic E-state index is 0.0495. The van der Waals surface area contributed by atoms with E-state index in [1.165, 1.54) is 36.4 Å². The molecule has 4 rings (SSSR count). The number of ketones is 1. The summed E-state index contributed by atoms with van der Waals surface area (Å²) in [6, 6.07) is 26.2. The van der Waals surface area contributed by atoms with Crippen LogP contribution in [0.4, 0.5) is 21.0 Å². The van der Waals surface area contributed by atoms with Crippen LogP contribution < -0.4 is 21.3 Å². The normalized spacial score (nSPS) is 11.5. The van der Waals surface area contributed by atoms with Crippen molar-refractivity contribution < 1.29 is 117 Å². The lowest BCUT2D eigenvalue weighted by Crippen LogP contribution is -2.34. The van der Waals surface area contributed by atoms with Crippen LogP contribution in [0.3, 0.4) is 0 Å². The highest BCUT2D eigenvalue weighted by atomic mass is 16.6. The van der Waals surface area contributed by atoms with Gasteiger partial charge in [-0.05, 0) is 204 Å². The van der Waals surface area contributed by atoms with Gasteiger partial charge in [0.05, 0.1) is 85.0 Å². The Labute approximate surface area is 669 Å². The Morgan fingerprint density at radius 2 is 0.655 bits per heavy atom. The summed E-state index contributed by atoms with van der Waals surface area (Å²) in [5.41, 5.74) is 0.548. The molecule has 0 spiro atoms. The number of nitrogens with zero attached hydrogens (tertiary/aromatic N) is 1. The molecule has 0 bridgehead atoms. The van der Waals surface area contributed by atoms with Crippen LogP contribution in [0.2, 0.25) is 0 Å². The van der Waals surface area contributed by atoms with Crippen molar-refractivity contribution >= 4 is 71.0 Å². The third-order valence-electron chi connectivity index (χ3n) is 17.2. The summed E-state index contributed by atoms with van der Waals surface area (Å²) >= 11 is 0. The molecule has 0 aliphatic rings. The van der Waals surface area contributed by atoms with E-state index in [4.69, 9.17) is 60.0 Å². The molecule has 0 saturated carbocycles. The molecule has 29 heteroatoms. The second-order valence-electron chi connectivity index (χ2n) is 28.2. The number of urea groups is 2. The first-order chi connectivity index (χ1) is 53.0. The van der Waals surface area contributed by atoms with Crippen molar-refractivity contribution in [2.45, 2.75) is 203 Å². The smallest absolute Gasteiger partial charge is 0.319 e. The number of amides is 4. The maximum atomic E-state index is 11.8. The molecule has 0 heterocycles. The minimum atomic E-state index is -0.512. The van der Waals surface area contributed by atoms with E-state index in [2.05, 4.69) is 41.5 Å². The second-order valence-corrected chi connectivity index (χ2v) is 28.2. The largest absolute Gasteiger partial charge is 0.508 e. The topological polar surface area (TPSA) is 449 Å². The number of carbonyl (C=O) groups is 10. The molecule has 113 heavy (non-hydrogen) atoms. The van der Waals surface area contributed by atoms with Crippen LogP contribution in [0.15, 0.2) is 97.1 Å². The summed E-state index contributed by atoms with van der Waals surface area (Å²) in [7, 11) is 0. The molecule has 0 aliphatic heterocycles. The van der Waals surface area contributed by atoms with Crippen LogP contribution in [-0.2, 0) is 73.3 Å². The molecule has 4 aromatic rings. The van der Waals surface area contributed by atoms with E-state index < -0.39 is 33.7 Å². The average Bonchev–Trinajstić information content (AvgIpc) is 0.892. The molecule has 0 fully saturated rings. The third kappa shape index (κ3) is 54.3. The highest BCUT2D eigenvalue weighted by Crippen LogP contribution is 2.25. The van der Waals surface area contributed by atoms with Crippen molar-refractivity contribution in [3.63, 3.8) is 0 Å². The number of phenols is 4. The molecule has 4 amide bonds. The molecular formula is C84H133N5O24. The van der Waals surface area contributed by atoms with Gasteiger partial charge in [0.25, 0.3) is 0 Å². The molecule has 638 valence electrons. The number of hydrogen-bond acceptors (Lipinski definition) is 25. The quantitative estimate of drug-likeness (QED) is 0.00670. The fourth-order valence-corrected chi connectivity index (χ4v) is 6.64. The van der Waals surface area contributed by atoms with Gasteiger partial charge in [-0.2, -0.15) is 5.26 Å². The highest BCUT2D eigenvalue weighted by molar-refractivity contribution is 5.96. The van der Waals surface area contributed by atoms with Crippen LogP contribution >= 0.6 is 0 Å². The first kappa shape index (κ1) is 109. The Morgan fingerprint density at radius 3 is 0.912 bits per heavy atom. The Kier molecular flexibility index (Phi) is 60.4. The molecule has 0 radical (unpaired) electrons. The maximum Gasteiger partial charge on any atom is 0.319 e. The van der Waals surface area contributed by atoms with Gasteiger partial charge < -0.3 is 90.2 Å². The Balaban J connectivity index is -0.000000617. The van der Waals surface area contributed by atoms with E-state index in [1.807, 2.05) is 118 Å². The standard InChI is InChI=1S/2C15H22N2O4.C15H20O4.C13H18O3.3C7H14O3.C5H9N/c2*1-4-15(2,3)13(19)21-10-9-16-14(20)17-11-5-7-12(18)8-6-11;1-4-15(2,3)14(18)19-10-9-13(17)11-5-7-12(16)8-6-11;1-4-13(2,3)12(15)16-9-10-5-7-11(14)8-6-10;3*1-3-6(2)7(9)10-5-4-8;1-3-5(2)4-6/h2*5-8,18H,4,9-10H2,1-3H3,(H2,16,17,20);5-8,16H,4,9-10H2,1-3H3;5-8,14H,4,9H2,1-3H3;3*6,8H,3-5H2,1-2H3;5H,3H2,1-2H3. The van der Waals surface area contributed by atoms with E-state index in [1.54, 1.807) is 81.4 Å². The molecule has 4 unspecified atom stereocenters. The van der Waals surface area contributed by atoms with Crippen molar-refractivity contribution in [3.8, 4) is 29.1 Å². The number of nitrogens with one attached hydrogen (secondary N) is 4. The number of benzene rings is 4. The lowest BCUT2D eigenvalue weighted by molar-refractivity contribution is -0.156. The van der Waals surface area contributed by atoms with Crippen LogP contribution in [-0.4, -0.2) is 168 Å². The van der Waals surface area contributed by atoms with Gasteiger partial charge >= 0.3 is 53.8 Å². The van der Waals surface area contributed by atoms with Gasteiger partial charge in [-0.25, -0.2) is 9.59 Å². The van der Waals surface area contributed by atoms with Crippen molar-refractivity contribution in [2.75, 3.05) is 83.2 Å². The number of aromatic hydroxyl groups is 4. The number of ether oxygens (including phenoxy) is 7. The first-order valence-electron chi connectivity index (χ1n) is 38.2. The number of Topliss-reactive ketones (excluding diaryl/α,β-unsaturated/α-hetero) is 1. The van der Waals surface area contributed by atoms with Gasteiger partial charge in [0.1, 0.15) is 62.6 Å². The Hall–Kier alpha value is -10.0. The van der Waals surface area contributed by atoms with Gasteiger partial charge in [-0.1, -0.05) is 88.3 Å². The molecule has 0 saturated heterocycles. The van der Waals surface area contributed by atoms with Crippen LogP contribution in [0, 0.1) is 56.7 Å². The first-order valence-corrected chi connectivity index (χ1v) is 38.2. The van der Waals surface area contributed by atoms with Crippen molar-refractivity contribution in [1.82, 2.24) is 10.6 Å². The number of esters is 7. The minimum Gasteiger partial charge on any atom is -0.508 e. The lowest BCUT2D eigenvalue weighted by atomic mass is 9.91. The summed E-state index contributed by atoms with van der Waals surface area (Å²) in [4.78, 5) is 114. The zero-order valence-corrected chi connectivity index (χ0v) is 70.4. The van der Waals surface area contributed by atoms with Crippen LogP contribution in [0.1, 0.15) is 212 Å². The van der Waals surface area contributed by atoms with E-state index in [-0.39, 0.29) is 180 Å². The summed E-state index contributed by atoms with van der Waals surface area (Å²) in [5.74, 6) is -1.12. The van der Waals surface area contributed by atoms with Crippen molar-refractivity contribution in [1.29, 1.82) is 5.26 Å². The van der Waals surface area contributed by atoms with Gasteiger partial charge in [-0.15, -0.1) is 0 Å². The summed E-state index contributed by atoms with van der Waals surface area (Å²) in [6.07, 6.45) is 6.30. The predicted octanol–water partition coefficient (Wildman–Crippen LogP) is 14.1. The fraction of sp³-hybridized carbons (Fsp3) is 0.583. The lowest BCUT2D eigenvalue weighted by Gasteiger charge is -2.20. The molecule has 29 nitrogen and oxygen atoms in total. The maximum absolute atomic E-state index is 11.8. The van der Waals surface area contributed by atoms with E-state index in [0.717, 1.165) is 37.7 Å². The van der Waals surface area contributed by atoms with E-state index in [9.17, 15) is 47.9 Å². The van der Waals surface area contributed by atoms with Gasteiger partial charge in [0.15, 0.2) is 5.78 Å². The second kappa shape index (κ2) is 62.5. The molecule has 0 aromatic heterocycles. The number of rotatable bonds is 35. The zero-order chi connectivity index (χ0) is 87.3. The van der Waals surface area contributed by atoms with Crippen LogP contribution in [0.5, 0.6) is 23.0 Å². The number of carbonyl (C=O) groups excluding carboxylic acids is 10. The third-order valence-corrected chi connectivity index (χ3v) is 17.2. The molecule has 0 aliphatic carbocycles. The Morgan fingerprint density at radius 1 is 0.381 bits per heavy atom. The summed E-state index contributed by atoms with van der Waals surface area (Å²) < 4.78 is 34.5. The zero-order valence-electron chi connectivity index (χ0n) is 70.4. The van der Waals surface area contributed by atoms with Gasteiger partial charge in [-0.3, -0.25) is 38.4 Å². The molecular weight excluding hydrogens is 1460 g/mol. The number of nitriles is 1. The molecule has 4 atom stereocenters. The number of anilines is 2. The summed E-state index contributed by atoms with van der Waals surface area (Å²) in [6.45, 7) is 38.6. The van der Waals surface area contributed by atoms with E-state index in [0.29, 0.717) is 36.2 Å². The van der Waals surface area contributed by atoms with E-state index >= 15 is 0 Å². The SMILES string of the molecule is CCC(C)(C)C(=O)OCCC(=O)c1ccc(O)cc1.CCC(C)(C)C(=O)OCCNC(=O)Nc1ccc(O)cc1.CCC(C)(C)C(=O)OCCNC(=O)Nc1ccc(O)cc1.CCC(C)(C)C(=O)OCc1ccc(O)cc1.CCC(C)C#N.CCC(C)C(=O)OCCO.CCC(C)C(=O)OCCO.CCC(C)C(=O)OCCO. The highest BCUT2D eigenvalue weighted by Gasteiger charge is 2.30. The predicted molar refractivity (Wildman–Crippen MR) is 432 cm³/mol. The van der Waals surface area contributed by atoms with Crippen LogP contribution in [0.25, 0.3) is 0 Å². The number of hydrogen-bond donors (Lipinski definition) is 11. The fourth-order valence-electron chi connectivity index (χ4n) is 6.64. The van der Waals surface area contributed by atoms with Gasteiger partial charge in [0, 0.05) is 29.3 Å². The van der Waals surface area contributed by atoms with Gasteiger partial charge in [0.2, 0.25) is 0 Å². The average molecular weight is 1600 g/mol. The molecule has 11 N–H and O–H groups in total. The number of aliphatic hydroxyl groups is 3. The summed E-state index contributed by atoms with van der Waals surface area (Å²) in [5, 5.41) is 79.8. The Bertz CT molecular complexity index is 3200. The number of aliphatic hydroxyl groups excluding tert-OH is 3. The monoisotopic (exact) mass is 1600 g/mol.